The van der Waals surface area contributed by atoms with Crippen LogP contribution in [0.5, 0.6) is 0 Å². The predicted molar refractivity (Wildman–Crippen MR) is 256 cm³/mol. The maximum atomic E-state index is 5.05. The summed E-state index contributed by atoms with van der Waals surface area (Å²) in [4.78, 5) is 9.91. The van der Waals surface area contributed by atoms with Crippen LogP contribution in [0.3, 0.4) is 0 Å². The first-order chi connectivity index (χ1) is 28.2. The van der Waals surface area contributed by atoms with E-state index in [1.165, 1.54) is 193 Å². The quantitative estimate of drug-likeness (QED) is 0.0286. The van der Waals surface area contributed by atoms with Crippen LogP contribution in [0.2, 0.25) is 0 Å². The van der Waals surface area contributed by atoms with Crippen LogP contribution in [0.4, 0.5) is 11.4 Å². The summed E-state index contributed by atoms with van der Waals surface area (Å²) in [6.45, 7) is 6.84. The minimum Gasteiger partial charge on any atom is -0.255 e. The van der Waals surface area contributed by atoms with Crippen LogP contribution >= 0.6 is 0 Å². The molecule has 0 saturated carbocycles. The van der Waals surface area contributed by atoms with Crippen molar-refractivity contribution in [2.75, 3.05) is 0 Å². The molecule has 2 aromatic rings. The van der Waals surface area contributed by atoms with E-state index in [1.54, 1.807) is 0 Å². The van der Waals surface area contributed by atoms with Gasteiger partial charge < -0.3 is 0 Å². The van der Waals surface area contributed by atoms with Crippen molar-refractivity contribution >= 4 is 23.3 Å². The average Bonchev–Trinajstić information content (AvgIpc) is 3.23. The smallest absolute Gasteiger partial charge is 0.0646 e. The molecule has 0 bridgehead atoms. The number of benzene rings is 2. The summed E-state index contributed by atoms with van der Waals surface area (Å²) >= 11 is 0. The van der Waals surface area contributed by atoms with Crippen molar-refractivity contribution in [2.45, 2.75) is 239 Å². The molecule has 0 saturated heterocycles. The summed E-state index contributed by atoms with van der Waals surface area (Å²) in [6, 6.07) is 16.7. The molecule has 0 aromatic heterocycles. The zero-order valence-electron chi connectivity index (χ0n) is 37.9. The Kier molecular flexibility index (Phi) is 37.9. The molecule has 2 aromatic carbocycles. The number of aliphatic imine (C=N–C) groups is 2. The molecule has 0 unspecified atom stereocenters. The van der Waals surface area contributed by atoms with E-state index < -0.39 is 0 Å². The third-order valence-corrected chi connectivity index (χ3v) is 11.1. The Morgan fingerprint density at radius 1 is 0.431 bits per heavy atom. The minimum atomic E-state index is 0. The van der Waals surface area contributed by atoms with E-state index in [0.29, 0.717) is 0 Å². The number of nitrogens with zero attached hydrogens (tertiary/aromatic N) is 2. The first-order valence-corrected chi connectivity index (χ1v) is 24.5. The molecule has 326 valence electrons. The van der Waals surface area contributed by atoms with Gasteiger partial charge in [-0.25, -0.2) is 0 Å². The van der Waals surface area contributed by atoms with Crippen molar-refractivity contribution in [3.8, 4) is 23.7 Å². The number of hydrogen-bond donors (Lipinski definition) is 0. The predicted octanol–water partition coefficient (Wildman–Crippen LogP) is 18.2. The van der Waals surface area contributed by atoms with Crippen molar-refractivity contribution in [1.82, 2.24) is 0 Å². The second kappa shape index (κ2) is 41.1. The van der Waals surface area contributed by atoms with Gasteiger partial charge >= 0.3 is 0 Å². The first-order valence-electron chi connectivity index (χ1n) is 24.5. The van der Waals surface area contributed by atoms with E-state index in [4.69, 9.17) is 9.98 Å². The van der Waals surface area contributed by atoms with Crippen LogP contribution in [0.1, 0.15) is 250 Å². The molecule has 0 aliphatic rings. The van der Waals surface area contributed by atoms with Crippen molar-refractivity contribution in [3.63, 3.8) is 0 Å². The Bertz CT molecular complexity index is 1420. The molecule has 0 fully saturated rings. The summed E-state index contributed by atoms with van der Waals surface area (Å²) < 4.78 is 0. The molecule has 3 heteroatoms. The molecule has 0 amide bonds. The first kappa shape index (κ1) is 53.4. The van der Waals surface area contributed by atoms with Crippen molar-refractivity contribution in [2.24, 2.45) is 9.98 Å². The van der Waals surface area contributed by atoms with Crippen LogP contribution in [0.15, 0.2) is 58.5 Å². The second-order valence-electron chi connectivity index (χ2n) is 16.7. The zero-order chi connectivity index (χ0) is 40.5. The van der Waals surface area contributed by atoms with Gasteiger partial charge in [-0.1, -0.05) is 236 Å². The van der Waals surface area contributed by atoms with E-state index in [9.17, 15) is 0 Å². The summed E-state index contributed by atoms with van der Waals surface area (Å²) in [5.41, 5.74) is 5.00. The Morgan fingerprint density at radius 3 is 1.19 bits per heavy atom. The summed E-state index contributed by atoms with van der Waals surface area (Å²) in [6.07, 6.45) is 47.2. The molecule has 0 aliphatic heterocycles. The second-order valence-corrected chi connectivity index (χ2v) is 16.7. The standard InChI is InChI=1S/C55H86N2.Ni/c1-4-7-10-12-14-16-18-20-22-24-26-28-30-32-34-37-41-51-43-39-46-53(48-51)56-50-55(45-36-9-6-3)57-54-47-40-44-52(49-54)42-38-35-33-31-29-27-25-23-21-19-17-15-13-11-8-5-2;/h39-40,43-44,46-50H,4-36,45H2,1-3H3;. The van der Waals surface area contributed by atoms with Gasteiger partial charge in [0.1, 0.15) is 0 Å². The van der Waals surface area contributed by atoms with Crippen LogP contribution in [0.25, 0.3) is 0 Å². The van der Waals surface area contributed by atoms with Gasteiger partial charge in [0, 0.05) is 46.7 Å². The fraction of sp³-hybridized carbons (Fsp3) is 0.673. The minimum absolute atomic E-state index is 0. The monoisotopic (exact) mass is 833 g/mol. The van der Waals surface area contributed by atoms with Gasteiger partial charge in [-0.05, 0) is 62.1 Å². The fourth-order valence-corrected chi connectivity index (χ4v) is 7.48. The molecule has 0 N–H and O–H groups in total. The molecule has 2 rings (SSSR count). The fourth-order valence-electron chi connectivity index (χ4n) is 7.48. The maximum Gasteiger partial charge on any atom is 0.0646 e. The summed E-state index contributed by atoms with van der Waals surface area (Å²) in [5.74, 6) is 13.6. The normalized spacial score (nSPS) is 11.3. The number of unbranched alkanes of at least 4 members (excludes halogenated alkanes) is 30. The third-order valence-electron chi connectivity index (χ3n) is 11.1. The van der Waals surface area contributed by atoms with E-state index in [2.05, 4.69) is 93.0 Å². The van der Waals surface area contributed by atoms with Gasteiger partial charge in [-0.3, -0.25) is 9.98 Å². The Labute approximate surface area is 370 Å². The van der Waals surface area contributed by atoms with Gasteiger partial charge in [-0.2, -0.15) is 0 Å². The molecule has 0 heterocycles. The molecule has 2 nitrogen and oxygen atoms in total. The number of rotatable bonds is 35. The van der Waals surface area contributed by atoms with Crippen molar-refractivity contribution in [1.29, 1.82) is 0 Å². The zero-order valence-corrected chi connectivity index (χ0v) is 38.9. The Morgan fingerprint density at radius 2 is 0.776 bits per heavy atom. The van der Waals surface area contributed by atoms with Gasteiger partial charge in [0.05, 0.1) is 17.1 Å². The van der Waals surface area contributed by atoms with Crippen LogP contribution in [0, 0.1) is 23.7 Å². The summed E-state index contributed by atoms with van der Waals surface area (Å²) in [5, 5.41) is 0. The average molecular weight is 834 g/mol. The maximum absolute atomic E-state index is 5.05. The molecule has 0 radical (unpaired) electrons. The van der Waals surface area contributed by atoms with Crippen LogP contribution in [-0.4, -0.2) is 11.9 Å². The molecular weight excluding hydrogens is 747 g/mol. The third kappa shape index (κ3) is 32.3. The van der Waals surface area contributed by atoms with E-state index >= 15 is 0 Å². The van der Waals surface area contributed by atoms with E-state index in [-0.39, 0.29) is 16.5 Å². The molecule has 58 heavy (non-hydrogen) atoms. The number of hydrogen-bond acceptors (Lipinski definition) is 2. The largest absolute Gasteiger partial charge is 0.255 e. The van der Waals surface area contributed by atoms with E-state index in [1.807, 2.05) is 6.21 Å². The van der Waals surface area contributed by atoms with Gasteiger partial charge in [0.25, 0.3) is 0 Å². The van der Waals surface area contributed by atoms with Gasteiger partial charge in [-0.15, -0.1) is 0 Å². The van der Waals surface area contributed by atoms with Crippen molar-refractivity contribution in [3.05, 3.63) is 59.7 Å². The van der Waals surface area contributed by atoms with Gasteiger partial charge in [0.2, 0.25) is 0 Å². The Hall–Kier alpha value is -2.61. The van der Waals surface area contributed by atoms with Gasteiger partial charge in [0.15, 0.2) is 0 Å². The van der Waals surface area contributed by atoms with E-state index in [0.717, 1.165) is 53.9 Å². The van der Waals surface area contributed by atoms with Crippen LogP contribution in [-0.2, 0) is 16.5 Å². The molecule has 0 atom stereocenters. The Balaban J connectivity index is 0.0000168. The molecule has 0 spiro atoms. The molecule has 0 aliphatic carbocycles. The summed E-state index contributed by atoms with van der Waals surface area (Å²) in [7, 11) is 0. The topological polar surface area (TPSA) is 24.7 Å². The van der Waals surface area contributed by atoms with Crippen molar-refractivity contribution < 1.29 is 16.5 Å². The molecular formula is C55H86N2Ni. The SMILES string of the molecule is CCCCCCCCCCCCCCCCC#Cc1cccc(N=CC(CCCCC)=Nc2cccc(C#CCCCCCCCCCCCCCCCC)c2)c1.[Ni]. The van der Waals surface area contributed by atoms with Crippen LogP contribution < -0.4 is 0 Å².